The summed E-state index contributed by atoms with van der Waals surface area (Å²) < 4.78 is 41.3. The summed E-state index contributed by atoms with van der Waals surface area (Å²) in [5.41, 5.74) is 5.17. The van der Waals surface area contributed by atoms with Crippen LogP contribution in [0.1, 0.15) is 366 Å². The Hall–Kier alpha value is -4.68. The van der Waals surface area contributed by atoms with Crippen molar-refractivity contribution in [1.82, 2.24) is 0 Å². The van der Waals surface area contributed by atoms with Gasteiger partial charge in [0.25, 0.3) is 0 Å². The van der Waals surface area contributed by atoms with Crippen LogP contribution in [-0.2, 0) is 62.5 Å². The number of hydrogen-bond acceptors (Lipinski definition) is 15. The number of aliphatic hydroxyl groups excluding tert-OH is 2. The Morgan fingerprint density at radius 3 is 1.12 bits per heavy atom. The average molecular weight is 1700 g/mol. The Kier molecular flexibility index (Phi) is 29.6. The summed E-state index contributed by atoms with van der Waals surface area (Å²) in [6.45, 7) is 24.1. The maximum Gasteiger partial charge on any atom is 0.397 e. The first-order valence-electron chi connectivity index (χ1n) is 45.6. The van der Waals surface area contributed by atoms with E-state index in [1.807, 2.05) is 12.2 Å². The molecule has 3 N–H and O–H groups in total. The van der Waals surface area contributed by atoms with Crippen molar-refractivity contribution < 1.29 is 75.3 Å². The van der Waals surface area contributed by atoms with Crippen LogP contribution in [0.5, 0.6) is 0 Å². The van der Waals surface area contributed by atoms with Crippen LogP contribution >= 0.6 is 0 Å². The predicted octanol–water partition coefficient (Wildman–Crippen LogP) is 22.7. The van der Waals surface area contributed by atoms with Gasteiger partial charge in [-0.2, -0.15) is 8.42 Å². The van der Waals surface area contributed by atoms with Crippen LogP contribution in [0.4, 0.5) is 0 Å². The van der Waals surface area contributed by atoms with Crippen molar-refractivity contribution >= 4 is 62.6 Å². The van der Waals surface area contributed by atoms with E-state index >= 15 is 0 Å². The molecular weight excluding hydrogens is 1540 g/mol. The molecule has 20 aliphatic carbocycles. The molecule has 0 radical (unpaired) electrons. The normalized spacial score (nSPS) is 46.7. The van der Waals surface area contributed by atoms with Gasteiger partial charge in [-0.1, -0.05) is 168 Å². The van der Waals surface area contributed by atoms with Crippen molar-refractivity contribution in [3.63, 3.8) is 0 Å². The van der Waals surface area contributed by atoms with Gasteiger partial charge in [0, 0.05) is 97.2 Å². The fourth-order valence-corrected chi connectivity index (χ4v) is 32.4. The first kappa shape index (κ1) is 100. The standard InChI is InChI=1S/C21H28O4.C19H28O5S.C19H26O3.C19H28O2.C19H26O2.7CH4/c1-12(22)25-14-6-8-20(2)13(10-14)11-17(23)19-15-4-5-18(24)21(15,3)9-7-16(19)20;1-18-9-7-13(24-25(21,22)23)11-12(18)3-4-14-15-5-6-17(20)19(15,2)10-8-16(14)18;1-18-7-5-12(20)9-11(18)10-15(21)17-13-3-4-16(22)19(13,2)8-6-14(17)18;2*1-18-9-7-13(20)11-12(18)3-4-14-15-5-6-17(21)19(15,2)10-8-16(14)18;;;;;;;/h11,14-16,19H,4-10H2,1-3H3;3,13-16H,4-11H2,1-2H3,(H,21,22,23);10,12-14,17,20H,3-9H2,1-2H3;3,13-16,20H,4-11H2,1-2H3;3-4,12,14-16H,5-11H2,1-2H3;7*1H4/t14-,15-,16-,19-,20-,21-;13-,14-,15-,16-,18-,19-;12-,13-,14-,17-,18-,19-;13-,14-,15-,16-,18-,19-;12?,14?,15?,16?,18-,19-;;;;;;;/m00000......./s1. The lowest BCUT2D eigenvalue weighted by Crippen LogP contribution is -2.53. The third kappa shape index (κ3) is 16.4. The Balaban J connectivity index is 0.000000170. The number of carbonyl (C=O) groups excluding carboxylic acids is 9. The molecule has 0 spiro atoms. The Bertz CT molecular complexity index is 4250. The number of ether oxygens (including phenoxy) is 1. The maximum atomic E-state index is 13.1. The summed E-state index contributed by atoms with van der Waals surface area (Å²) in [7, 11) is -4.40. The summed E-state index contributed by atoms with van der Waals surface area (Å²) >= 11 is 0. The zero-order valence-electron chi connectivity index (χ0n) is 70.7. The molecule has 30 atom stereocenters. The highest BCUT2D eigenvalue weighted by molar-refractivity contribution is 7.80. The highest BCUT2D eigenvalue weighted by Crippen LogP contribution is 2.70. The zero-order chi connectivity index (χ0) is 81.4. The largest absolute Gasteiger partial charge is 0.462 e. The van der Waals surface area contributed by atoms with Gasteiger partial charge in [-0.3, -0.25) is 47.7 Å². The lowest BCUT2D eigenvalue weighted by atomic mass is 9.47. The number of esters is 1. The van der Waals surface area contributed by atoms with Crippen molar-refractivity contribution in [2.75, 3.05) is 0 Å². The maximum absolute atomic E-state index is 13.1. The molecule has 0 saturated heterocycles. The average Bonchev–Trinajstić information content (AvgIpc) is 1.69. The molecule has 682 valence electrons. The summed E-state index contributed by atoms with van der Waals surface area (Å²) in [5, 5.41) is 20.0. The predicted molar refractivity (Wildman–Crippen MR) is 480 cm³/mol. The molecule has 0 aromatic rings. The molecule has 0 aromatic heterocycles. The second-order valence-corrected chi connectivity index (χ2v) is 44.8. The molecule has 0 amide bonds. The van der Waals surface area contributed by atoms with Gasteiger partial charge in [0.1, 0.15) is 40.8 Å². The lowest BCUT2D eigenvalue weighted by Gasteiger charge is -2.56. The minimum Gasteiger partial charge on any atom is -0.462 e. The van der Waals surface area contributed by atoms with Gasteiger partial charge in [0.05, 0.1) is 18.3 Å². The van der Waals surface area contributed by atoms with Gasteiger partial charge in [0.2, 0.25) is 0 Å². The van der Waals surface area contributed by atoms with Crippen molar-refractivity contribution in [2.24, 2.45) is 149 Å². The quantitative estimate of drug-likeness (QED) is 0.135. The van der Waals surface area contributed by atoms with Gasteiger partial charge >= 0.3 is 16.4 Å². The van der Waals surface area contributed by atoms with E-state index in [1.165, 1.54) is 42.1 Å². The number of hydrogen-bond donors (Lipinski definition) is 3. The monoisotopic (exact) mass is 1700 g/mol. The molecule has 15 fully saturated rings. The fraction of sp³-hybridized carbons (Fsp3) is 0.817. The van der Waals surface area contributed by atoms with E-state index < -0.39 is 16.5 Å². The van der Waals surface area contributed by atoms with E-state index in [4.69, 9.17) is 13.5 Å². The second kappa shape index (κ2) is 35.8. The Morgan fingerprint density at radius 2 is 0.686 bits per heavy atom. The molecule has 20 rings (SSSR count). The number of carbonyl (C=O) groups is 9. The van der Waals surface area contributed by atoms with Crippen LogP contribution < -0.4 is 0 Å². The molecule has 17 heteroatoms. The molecule has 0 aliphatic heterocycles. The summed E-state index contributed by atoms with van der Waals surface area (Å²) in [6.07, 6.45) is 46.1. The smallest absolute Gasteiger partial charge is 0.397 e. The molecule has 20 aliphatic rings. The third-order valence-corrected chi connectivity index (χ3v) is 39.6. The molecular formula is C104H164O16S. The van der Waals surface area contributed by atoms with Gasteiger partial charge in [-0.25, -0.2) is 4.18 Å². The molecule has 0 aromatic carbocycles. The number of allylic oxidation sites excluding steroid dienone is 6. The van der Waals surface area contributed by atoms with E-state index in [0.29, 0.717) is 149 Å². The number of fused-ring (bicyclic) bond motifs is 25. The third-order valence-electron chi connectivity index (χ3n) is 39.1. The minimum absolute atomic E-state index is 0. The van der Waals surface area contributed by atoms with Crippen LogP contribution in [0.15, 0.2) is 58.7 Å². The highest BCUT2D eigenvalue weighted by Gasteiger charge is 2.66. The van der Waals surface area contributed by atoms with Gasteiger partial charge in [0.15, 0.2) is 11.6 Å². The Morgan fingerprint density at radius 1 is 0.364 bits per heavy atom. The van der Waals surface area contributed by atoms with Crippen molar-refractivity contribution in [1.29, 1.82) is 0 Å². The SMILES string of the molecule is C.C.C.C.C.C.C.CC(=O)O[C@H]1CC[C@@]2(C)C(=CC(=O)[C@@H]3[C@@H]2CC[C@]2(C)C(=O)CC[C@@H]32)C1.C[C@]12CCC(=O)CC1C=CC1C2CC[C@]2(C)C(=O)CCC12.C[C@]12CC[C@H](O)CC1=CC(=O)[C@@H]1[C@@H]2CC[C@]2(C)C(=O)CC[C@@H]12.C[C@]12CC[C@H](O)CC1=CC[C@@H]1[C@@H]2CC[C@]2(C)C(=O)CC[C@@H]12.C[C@]12CC[C@H](OS(=O)(=O)O)CC1=CC[C@@H]1[C@@H]2CC[C@]2(C)C(=O)CC[C@@H]12. The van der Waals surface area contributed by atoms with Crippen molar-refractivity contribution in [2.45, 2.75) is 390 Å². The molecule has 16 nitrogen and oxygen atoms in total. The molecule has 15 saturated carbocycles. The highest BCUT2D eigenvalue weighted by atomic mass is 32.3. The van der Waals surface area contributed by atoms with Crippen LogP contribution in [0.25, 0.3) is 0 Å². The van der Waals surface area contributed by atoms with Crippen molar-refractivity contribution in [3.05, 3.63) is 58.7 Å². The number of rotatable bonds is 3. The summed E-state index contributed by atoms with van der Waals surface area (Å²) in [4.78, 5) is 111. The van der Waals surface area contributed by atoms with Crippen LogP contribution in [-0.4, -0.2) is 99.8 Å². The minimum atomic E-state index is -4.40. The van der Waals surface area contributed by atoms with E-state index in [9.17, 15) is 61.8 Å². The fourth-order valence-electron chi connectivity index (χ4n) is 31.9. The lowest BCUT2D eigenvalue weighted by molar-refractivity contribution is -0.149. The van der Waals surface area contributed by atoms with E-state index in [1.54, 1.807) is 0 Å². The molecule has 0 bridgehead atoms. The molecule has 0 heterocycles. The number of aliphatic hydroxyl groups is 2. The summed E-state index contributed by atoms with van der Waals surface area (Å²) in [6, 6.07) is 0. The second-order valence-electron chi connectivity index (χ2n) is 43.8. The van der Waals surface area contributed by atoms with Gasteiger partial charge < -0.3 is 14.9 Å². The topological polar surface area (TPSA) is 267 Å². The Labute approximate surface area is 731 Å². The number of ketones is 8. The van der Waals surface area contributed by atoms with Crippen LogP contribution in [0, 0.1) is 149 Å². The summed E-state index contributed by atoms with van der Waals surface area (Å²) in [5.74, 6) is 10.1. The zero-order valence-corrected chi connectivity index (χ0v) is 71.5. The van der Waals surface area contributed by atoms with E-state index in [0.717, 1.165) is 192 Å². The van der Waals surface area contributed by atoms with E-state index in [-0.39, 0.29) is 155 Å². The number of Topliss-reactive ketones (excluding diaryl/α,β-unsaturated/α-hetero) is 6. The van der Waals surface area contributed by atoms with Crippen LogP contribution in [0.3, 0.4) is 0 Å². The van der Waals surface area contributed by atoms with Gasteiger partial charge in [-0.05, 0) is 308 Å². The molecule has 4 unspecified atom stereocenters. The molecule has 121 heavy (non-hydrogen) atoms. The van der Waals surface area contributed by atoms with Gasteiger partial charge in [-0.15, -0.1) is 0 Å². The first-order valence-corrected chi connectivity index (χ1v) is 47.0. The van der Waals surface area contributed by atoms with E-state index in [2.05, 4.69) is 93.5 Å². The van der Waals surface area contributed by atoms with Crippen molar-refractivity contribution in [3.8, 4) is 0 Å². The van der Waals surface area contributed by atoms with Crippen LogP contribution in [0.2, 0.25) is 0 Å². The first-order chi connectivity index (χ1) is 53.6.